The van der Waals surface area contributed by atoms with Gasteiger partial charge in [0.15, 0.2) is 6.61 Å². The molecule has 126 valence electrons. The van der Waals surface area contributed by atoms with Crippen molar-refractivity contribution in [2.75, 3.05) is 19.7 Å². The second kappa shape index (κ2) is 6.24. The van der Waals surface area contributed by atoms with Crippen LogP contribution < -0.4 is 4.74 Å². The minimum absolute atomic E-state index is 0.0102. The molecule has 3 heterocycles. The van der Waals surface area contributed by atoms with Gasteiger partial charge in [0.1, 0.15) is 5.75 Å². The van der Waals surface area contributed by atoms with Crippen molar-refractivity contribution in [1.29, 1.82) is 0 Å². The maximum absolute atomic E-state index is 12.5. The second-order valence-electron chi connectivity index (χ2n) is 6.27. The Kier molecular flexibility index (Phi) is 3.93. The lowest BCUT2D eigenvalue weighted by molar-refractivity contribution is -0.140. The Morgan fingerprint density at radius 1 is 1.42 bits per heavy atom. The molecule has 2 unspecified atom stereocenters. The van der Waals surface area contributed by atoms with Gasteiger partial charge in [0.2, 0.25) is 0 Å². The van der Waals surface area contributed by atoms with Gasteiger partial charge < -0.3 is 14.4 Å². The van der Waals surface area contributed by atoms with Crippen molar-refractivity contribution in [2.45, 2.75) is 32.1 Å². The number of aromatic nitrogens is 3. The van der Waals surface area contributed by atoms with E-state index in [9.17, 15) is 4.79 Å². The first-order valence-corrected chi connectivity index (χ1v) is 8.19. The van der Waals surface area contributed by atoms with Gasteiger partial charge >= 0.3 is 0 Å². The summed E-state index contributed by atoms with van der Waals surface area (Å²) in [5, 5.41) is 8.11. The van der Waals surface area contributed by atoms with Crippen LogP contribution in [0.25, 0.3) is 0 Å². The smallest absolute Gasteiger partial charge is 0.260 e. The average molecular weight is 328 g/mol. The van der Waals surface area contributed by atoms with Crippen molar-refractivity contribution >= 4 is 5.91 Å². The van der Waals surface area contributed by atoms with Crippen LogP contribution in [-0.4, -0.2) is 51.6 Å². The third-order valence-corrected chi connectivity index (χ3v) is 4.73. The number of para-hydroxylation sites is 1. The zero-order chi connectivity index (χ0) is 16.5. The zero-order valence-electron chi connectivity index (χ0n) is 13.6. The van der Waals surface area contributed by atoms with Crippen LogP contribution in [0.15, 0.2) is 30.5 Å². The number of benzene rings is 1. The molecular weight excluding hydrogens is 308 g/mol. The van der Waals surface area contributed by atoms with E-state index < -0.39 is 0 Å². The van der Waals surface area contributed by atoms with Gasteiger partial charge in [-0.3, -0.25) is 4.79 Å². The number of carbonyl (C=O) groups excluding carboxylic acids is 1. The van der Waals surface area contributed by atoms with E-state index in [0.29, 0.717) is 19.7 Å². The van der Waals surface area contributed by atoms with Gasteiger partial charge in [-0.05, 0) is 25.0 Å². The first-order chi connectivity index (χ1) is 11.7. The summed E-state index contributed by atoms with van der Waals surface area (Å²) in [4.78, 5) is 14.4. The number of rotatable bonds is 3. The van der Waals surface area contributed by atoms with Crippen molar-refractivity contribution in [1.82, 2.24) is 19.9 Å². The number of hydrogen-bond acceptors (Lipinski definition) is 5. The number of ether oxygens (including phenoxy) is 2. The number of piperidine rings is 1. The first kappa shape index (κ1) is 15.1. The fourth-order valence-electron chi connectivity index (χ4n) is 3.35. The SMILES string of the molecule is Cc1ccccc1OCC(=O)N1CCC2OCc3cnnn3C2C1. The molecule has 0 saturated carbocycles. The Labute approximate surface area is 140 Å². The summed E-state index contributed by atoms with van der Waals surface area (Å²) in [7, 11) is 0. The van der Waals surface area contributed by atoms with E-state index in [0.717, 1.165) is 23.4 Å². The van der Waals surface area contributed by atoms with E-state index >= 15 is 0 Å². The summed E-state index contributed by atoms with van der Waals surface area (Å²) in [6, 6.07) is 7.74. The van der Waals surface area contributed by atoms with E-state index in [1.54, 1.807) is 6.20 Å². The first-order valence-electron chi connectivity index (χ1n) is 8.19. The van der Waals surface area contributed by atoms with Gasteiger partial charge in [-0.15, -0.1) is 5.10 Å². The molecule has 4 rings (SSSR count). The number of nitrogens with zero attached hydrogens (tertiary/aromatic N) is 4. The van der Waals surface area contributed by atoms with E-state index in [1.807, 2.05) is 40.8 Å². The lowest BCUT2D eigenvalue weighted by Gasteiger charge is -2.40. The molecule has 0 spiro atoms. The number of hydrogen-bond donors (Lipinski definition) is 0. The van der Waals surface area contributed by atoms with Crippen molar-refractivity contribution in [2.24, 2.45) is 0 Å². The van der Waals surface area contributed by atoms with Crippen molar-refractivity contribution in [3.63, 3.8) is 0 Å². The fraction of sp³-hybridized carbons (Fsp3) is 0.471. The lowest BCUT2D eigenvalue weighted by atomic mass is 10.0. The Balaban J connectivity index is 1.41. The Morgan fingerprint density at radius 2 is 2.29 bits per heavy atom. The summed E-state index contributed by atoms with van der Waals surface area (Å²) in [6.45, 7) is 3.82. The standard InChI is InChI=1S/C17H20N4O3/c1-12-4-2-3-5-15(12)24-11-17(22)20-7-6-16-14(9-20)21-13(10-23-16)8-18-19-21/h2-5,8,14,16H,6-7,9-11H2,1H3. The fourth-order valence-corrected chi connectivity index (χ4v) is 3.35. The molecule has 2 aliphatic rings. The zero-order valence-corrected chi connectivity index (χ0v) is 13.6. The van der Waals surface area contributed by atoms with Crippen molar-refractivity contribution in [3.05, 3.63) is 41.7 Å². The number of amides is 1. The molecule has 0 N–H and O–H groups in total. The van der Waals surface area contributed by atoms with E-state index in [-0.39, 0.29) is 24.7 Å². The number of carbonyl (C=O) groups is 1. The molecule has 1 saturated heterocycles. The highest BCUT2D eigenvalue weighted by atomic mass is 16.5. The molecular formula is C17H20N4O3. The Hall–Kier alpha value is -2.41. The third-order valence-electron chi connectivity index (χ3n) is 4.73. The number of fused-ring (bicyclic) bond motifs is 3. The molecule has 1 aromatic heterocycles. The number of likely N-dealkylation sites (tertiary alicyclic amines) is 1. The molecule has 24 heavy (non-hydrogen) atoms. The summed E-state index contributed by atoms with van der Waals surface area (Å²) in [5.41, 5.74) is 1.98. The van der Waals surface area contributed by atoms with Gasteiger partial charge in [0.05, 0.1) is 30.6 Å². The van der Waals surface area contributed by atoms with Crippen molar-refractivity contribution in [3.8, 4) is 5.75 Å². The third kappa shape index (κ3) is 2.75. The van der Waals surface area contributed by atoms with Crippen LogP contribution in [0.4, 0.5) is 0 Å². The molecule has 0 bridgehead atoms. The number of aryl methyl sites for hydroxylation is 1. The highest BCUT2D eigenvalue weighted by Gasteiger charge is 2.37. The Bertz CT molecular complexity index is 745. The summed E-state index contributed by atoms with van der Waals surface area (Å²) < 4.78 is 13.5. The molecule has 2 atom stereocenters. The van der Waals surface area contributed by atoms with Crippen LogP contribution in [0, 0.1) is 6.92 Å². The quantitative estimate of drug-likeness (QED) is 0.850. The van der Waals surface area contributed by atoms with E-state index in [4.69, 9.17) is 9.47 Å². The minimum Gasteiger partial charge on any atom is -0.484 e. The summed E-state index contributed by atoms with van der Waals surface area (Å²) in [6.07, 6.45) is 2.62. The maximum Gasteiger partial charge on any atom is 0.260 e. The van der Waals surface area contributed by atoms with Gasteiger partial charge in [-0.2, -0.15) is 0 Å². The minimum atomic E-state index is -0.0102. The summed E-state index contributed by atoms with van der Waals surface area (Å²) in [5.74, 6) is 0.740. The normalized spacial score (nSPS) is 22.6. The topological polar surface area (TPSA) is 69.5 Å². The lowest BCUT2D eigenvalue weighted by Crippen LogP contribution is -2.50. The predicted octanol–water partition coefficient (Wildman–Crippen LogP) is 1.34. The molecule has 1 fully saturated rings. The summed E-state index contributed by atoms with van der Waals surface area (Å²) >= 11 is 0. The molecule has 0 radical (unpaired) electrons. The largest absolute Gasteiger partial charge is 0.484 e. The molecule has 2 aliphatic heterocycles. The predicted molar refractivity (Wildman–Crippen MR) is 85.5 cm³/mol. The van der Waals surface area contributed by atoms with Gasteiger partial charge in [0, 0.05) is 13.1 Å². The highest BCUT2D eigenvalue weighted by Crippen LogP contribution is 2.30. The van der Waals surface area contributed by atoms with E-state index in [2.05, 4.69) is 10.3 Å². The molecule has 1 aromatic carbocycles. The van der Waals surface area contributed by atoms with Crippen LogP contribution in [0.1, 0.15) is 23.7 Å². The average Bonchev–Trinajstić information content (AvgIpc) is 3.09. The maximum atomic E-state index is 12.5. The molecule has 1 amide bonds. The Morgan fingerprint density at radius 3 is 3.17 bits per heavy atom. The highest BCUT2D eigenvalue weighted by molar-refractivity contribution is 5.78. The van der Waals surface area contributed by atoms with Crippen LogP contribution in [0.3, 0.4) is 0 Å². The van der Waals surface area contributed by atoms with Gasteiger partial charge in [0.25, 0.3) is 5.91 Å². The van der Waals surface area contributed by atoms with Gasteiger partial charge in [-0.25, -0.2) is 4.68 Å². The van der Waals surface area contributed by atoms with Crippen molar-refractivity contribution < 1.29 is 14.3 Å². The van der Waals surface area contributed by atoms with Crippen LogP contribution >= 0.6 is 0 Å². The van der Waals surface area contributed by atoms with Gasteiger partial charge in [-0.1, -0.05) is 23.4 Å². The molecule has 2 aromatic rings. The molecule has 0 aliphatic carbocycles. The van der Waals surface area contributed by atoms with E-state index in [1.165, 1.54) is 0 Å². The van der Waals surface area contributed by atoms with Crippen LogP contribution in [0.2, 0.25) is 0 Å². The molecule has 7 nitrogen and oxygen atoms in total. The van der Waals surface area contributed by atoms with Crippen LogP contribution in [-0.2, 0) is 16.1 Å². The molecule has 7 heteroatoms. The monoisotopic (exact) mass is 328 g/mol. The van der Waals surface area contributed by atoms with Crippen LogP contribution in [0.5, 0.6) is 5.75 Å². The second-order valence-corrected chi connectivity index (χ2v) is 6.27.